The van der Waals surface area contributed by atoms with Crippen molar-refractivity contribution in [2.75, 3.05) is 0 Å². The quantitative estimate of drug-likeness (QED) is 0.497. The molecule has 4 heteroatoms. The van der Waals surface area contributed by atoms with Gasteiger partial charge in [-0.3, -0.25) is 0 Å². The monoisotopic (exact) mass is 288 g/mol. The summed E-state index contributed by atoms with van der Waals surface area (Å²) in [6.45, 7) is 2.12. The predicted molar refractivity (Wildman–Crippen MR) is 81.8 cm³/mol. The number of benzene rings is 2. The second-order valence-electron chi connectivity index (χ2n) is 5.17. The second kappa shape index (κ2) is 6.39. The second-order valence-corrected chi connectivity index (χ2v) is 5.17. The fraction of sp³-hybridized carbons (Fsp3) is 0.294. The fourth-order valence-electron chi connectivity index (χ4n) is 2.37. The molecule has 0 spiro atoms. The molecule has 4 nitrogen and oxygen atoms in total. The summed E-state index contributed by atoms with van der Waals surface area (Å²) >= 11 is 0. The molecule has 0 atom stereocenters. The Morgan fingerprint density at radius 1 is 0.762 bits per heavy atom. The molecule has 2 aromatic rings. The van der Waals surface area contributed by atoms with Crippen molar-refractivity contribution in [1.82, 2.24) is 0 Å². The van der Waals surface area contributed by atoms with Gasteiger partial charge in [-0.15, -0.1) is 0 Å². The number of hydrogen-bond donors (Lipinski definition) is 4. The minimum Gasteiger partial charge on any atom is -0.507 e. The summed E-state index contributed by atoms with van der Waals surface area (Å²) in [6.07, 6.45) is 4.03. The molecule has 21 heavy (non-hydrogen) atoms. The fourth-order valence-corrected chi connectivity index (χ4v) is 2.37. The number of aryl methyl sites for hydroxylation is 1. The number of hydrogen-bond acceptors (Lipinski definition) is 4. The molecule has 0 aliphatic carbocycles. The first-order chi connectivity index (χ1) is 10.0. The van der Waals surface area contributed by atoms with Crippen LogP contribution in [-0.4, -0.2) is 20.4 Å². The highest BCUT2D eigenvalue weighted by molar-refractivity contribution is 5.78. The maximum Gasteiger partial charge on any atom is 0.158 e. The van der Waals surface area contributed by atoms with Gasteiger partial charge in [-0.05, 0) is 48.2 Å². The summed E-state index contributed by atoms with van der Waals surface area (Å²) < 4.78 is 0. The topological polar surface area (TPSA) is 80.9 Å². The maximum atomic E-state index is 10.1. The van der Waals surface area contributed by atoms with E-state index in [0.29, 0.717) is 5.56 Å². The number of phenols is 4. The Morgan fingerprint density at radius 3 is 2.00 bits per heavy atom. The highest BCUT2D eigenvalue weighted by atomic mass is 16.3. The molecule has 0 unspecified atom stereocenters. The summed E-state index contributed by atoms with van der Waals surface area (Å²) in [4.78, 5) is 0. The summed E-state index contributed by atoms with van der Waals surface area (Å²) in [5, 5.41) is 39.1. The highest BCUT2D eigenvalue weighted by Gasteiger charge is 2.13. The summed E-state index contributed by atoms with van der Waals surface area (Å²) in [7, 11) is 0. The largest absolute Gasteiger partial charge is 0.507 e. The predicted octanol–water partition coefficient (Wildman–Crippen LogP) is 3.91. The van der Waals surface area contributed by atoms with E-state index in [9.17, 15) is 20.4 Å². The normalized spacial score (nSPS) is 10.7. The smallest absolute Gasteiger partial charge is 0.158 e. The lowest BCUT2D eigenvalue weighted by molar-refractivity contribution is 0.404. The van der Waals surface area contributed by atoms with Crippen LogP contribution in [0.5, 0.6) is 23.0 Å². The van der Waals surface area contributed by atoms with Gasteiger partial charge < -0.3 is 20.4 Å². The first-order valence-corrected chi connectivity index (χ1v) is 7.10. The molecule has 0 aromatic heterocycles. The number of rotatable bonds is 5. The van der Waals surface area contributed by atoms with E-state index in [1.165, 1.54) is 18.2 Å². The van der Waals surface area contributed by atoms with Crippen LogP contribution in [0, 0.1) is 0 Å². The van der Waals surface area contributed by atoms with Gasteiger partial charge in [0.1, 0.15) is 11.5 Å². The van der Waals surface area contributed by atoms with Crippen LogP contribution in [0.15, 0.2) is 30.3 Å². The van der Waals surface area contributed by atoms with Crippen LogP contribution in [0.3, 0.4) is 0 Å². The minimum atomic E-state index is -0.293. The van der Waals surface area contributed by atoms with Gasteiger partial charge in [0, 0.05) is 0 Å². The Balaban J connectivity index is 2.34. The van der Waals surface area contributed by atoms with Gasteiger partial charge in [0.05, 0.1) is 5.56 Å². The van der Waals surface area contributed by atoms with Crippen LogP contribution in [0.25, 0.3) is 11.1 Å². The van der Waals surface area contributed by atoms with E-state index in [4.69, 9.17) is 0 Å². The molecule has 2 aromatic carbocycles. The Bertz CT molecular complexity index is 612. The van der Waals surface area contributed by atoms with Gasteiger partial charge in [-0.1, -0.05) is 25.8 Å². The Labute approximate surface area is 123 Å². The van der Waals surface area contributed by atoms with E-state index in [0.717, 1.165) is 31.2 Å². The standard InChI is InChI=1S/C17H20O4/c1-2-3-4-5-11-8-15(20)17(16(21)9-11)12-6-7-13(18)14(19)10-12/h6-10,18-21H,2-5H2,1H3. The average molecular weight is 288 g/mol. The zero-order valence-corrected chi connectivity index (χ0v) is 12.0. The SMILES string of the molecule is CCCCCc1cc(O)c(-c2ccc(O)c(O)c2)c(O)c1. The average Bonchev–Trinajstić information content (AvgIpc) is 2.42. The van der Waals surface area contributed by atoms with Gasteiger partial charge in [0.25, 0.3) is 0 Å². The highest BCUT2D eigenvalue weighted by Crippen LogP contribution is 2.41. The molecule has 4 N–H and O–H groups in total. The summed E-state index contributed by atoms with van der Waals surface area (Å²) in [6, 6.07) is 7.42. The first-order valence-electron chi connectivity index (χ1n) is 7.10. The van der Waals surface area contributed by atoms with E-state index >= 15 is 0 Å². The van der Waals surface area contributed by atoms with Crippen LogP contribution < -0.4 is 0 Å². The van der Waals surface area contributed by atoms with Crippen molar-refractivity contribution < 1.29 is 20.4 Å². The Morgan fingerprint density at radius 2 is 1.43 bits per heavy atom. The van der Waals surface area contributed by atoms with Gasteiger partial charge in [0.2, 0.25) is 0 Å². The number of aromatic hydroxyl groups is 4. The molecule has 0 bridgehead atoms. The lowest BCUT2D eigenvalue weighted by Crippen LogP contribution is -1.88. The van der Waals surface area contributed by atoms with Gasteiger partial charge in [-0.2, -0.15) is 0 Å². The Kier molecular flexibility index (Phi) is 4.58. The summed E-state index contributed by atoms with van der Waals surface area (Å²) in [5.74, 6) is -0.606. The van der Waals surface area contributed by atoms with Crippen molar-refractivity contribution in [3.05, 3.63) is 35.9 Å². The molecule has 0 amide bonds. The van der Waals surface area contributed by atoms with Crippen LogP contribution in [0.4, 0.5) is 0 Å². The molecule has 0 heterocycles. The molecule has 112 valence electrons. The summed E-state index contributed by atoms with van der Waals surface area (Å²) in [5.41, 5.74) is 1.58. The van der Waals surface area contributed by atoms with Crippen LogP contribution in [-0.2, 0) is 6.42 Å². The third-order valence-electron chi connectivity index (χ3n) is 3.49. The van der Waals surface area contributed by atoms with Crippen molar-refractivity contribution in [3.63, 3.8) is 0 Å². The molecule has 0 radical (unpaired) electrons. The Hall–Kier alpha value is -2.36. The van der Waals surface area contributed by atoms with E-state index in [-0.39, 0.29) is 28.6 Å². The third kappa shape index (κ3) is 3.40. The van der Waals surface area contributed by atoms with E-state index < -0.39 is 0 Å². The van der Waals surface area contributed by atoms with Crippen LogP contribution in [0.1, 0.15) is 31.7 Å². The van der Waals surface area contributed by atoms with Crippen molar-refractivity contribution in [3.8, 4) is 34.1 Å². The number of unbranched alkanes of at least 4 members (excludes halogenated alkanes) is 2. The molecule has 0 saturated heterocycles. The molecule has 2 rings (SSSR count). The lowest BCUT2D eigenvalue weighted by Gasteiger charge is -2.11. The van der Waals surface area contributed by atoms with Crippen LogP contribution >= 0.6 is 0 Å². The van der Waals surface area contributed by atoms with E-state index in [1.807, 2.05) is 0 Å². The third-order valence-corrected chi connectivity index (χ3v) is 3.49. The van der Waals surface area contributed by atoms with E-state index in [2.05, 4.69) is 6.92 Å². The zero-order valence-electron chi connectivity index (χ0n) is 12.0. The maximum absolute atomic E-state index is 10.1. The van der Waals surface area contributed by atoms with Gasteiger partial charge in [-0.25, -0.2) is 0 Å². The molecule has 0 saturated carbocycles. The van der Waals surface area contributed by atoms with Gasteiger partial charge >= 0.3 is 0 Å². The van der Waals surface area contributed by atoms with Crippen LogP contribution in [0.2, 0.25) is 0 Å². The minimum absolute atomic E-state index is 0.0356. The van der Waals surface area contributed by atoms with Crippen molar-refractivity contribution >= 4 is 0 Å². The van der Waals surface area contributed by atoms with Crippen molar-refractivity contribution in [1.29, 1.82) is 0 Å². The van der Waals surface area contributed by atoms with Crippen molar-refractivity contribution in [2.24, 2.45) is 0 Å². The first kappa shape index (κ1) is 15.0. The molecular weight excluding hydrogens is 268 g/mol. The molecular formula is C17H20O4. The lowest BCUT2D eigenvalue weighted by atomic mass is 9.98. The van der Waals surface area contributed by atoms with E-state index in [1.54, 1.807) is 12.1 Å². The molecule has 0 fully saturated rings. The number of phenolic OH excluding ortho intramolecular Hbond substituents is 4. The zero-order chi connectivity index (χ0) is 15.4. The molecule has 0 aliphatic rings. The van der Waals surface area contributed by atoms with Crippen molar-refractivity contribution in [2.45, 2.75) is 32.6 Å². The molecule has 0 aliphatic heterocycles. The van der Waals surface area contributed by atoms with Gasteiger partial charge in [0.15, 0.2) is 11.5 Å².